The van der Waals surface area contributed by atoms with Crippen LogP contribution in [0.15, 0.2) is 73.3 Å². The van der Waals surface area contributed by atoms with Crippen LogP contribution in [0.25, 0.3) is 16.5 Å². The minimum Gasteiger partial charge on any atom is -0.330 e. The molecule has 0 atom stereocenters. The second-order valence-corrected chi connectivity index (χ2v) is 6.00. The average molecular weight is 354 g/mol. The van der Waals surface area contributed by atoms with E-state index in [0.29, 0.717) is 10.1 Å². The number of para-hydroxylation sites is 1. The van der Waals surface area contributed by atoms with E-state index in [2.05, 4.69) is 40.9 Å². The van der Waals surface area contributed by atoms with Gasteiger partial charge in [-0.25, -0.2) is 0 Å². The number of hydrazine groups is 1. The Bertz CT molecular complexity index is 903. The van der Waals surface area contributed by atoms with Crippen molar-refractivity contribution in [3.63, 3.8) is 0 Å². The number of hydrogen-bond acceptors (Lipinski definition) is 2. The van der Waals surface area contributed by atoms with Gasteiger partial charge in [0.2, 0.25) is 0 Å². The third kappa shape index (κ3) is 3.67. The summed E-state index contributed by atoms with van der Waals surface area (Å²) in [6.45, 7) is 4.08. The van der Waals surface area contributed by atoms with Gasteiger partial charge in [0.1, 0.15) is 0 Å². The molecule has 0 amide bonds. The van der Waals surface area contributed by atoms with E-state index in [4.69, 9.17) is 23.8 Å². The SMILES string of the molecule is C=C(NNC(=S)Nc1ccccc1Cl)c1cccc2ccccc12. The summed E-state index contributed by atoms with van der Waals surface area (Å²) >= 11 is 11.4. The Morgan fingerprint density at radius 1 is 0.875 bits per heavy atom. The minimum absolute atomic E-state index is 0.407. The van der Waals surface area contributed by atoms with Crippen LogP contribution in [0, 0.1) is 0 Å². The molecule has 0 bridgehead atoms. The number of fused-ring (bicyclic) bond motifs is 1. The Hall–Kier alpha value is -2.56. The van der Waals surface area contributed by atoms with Gasteiger partial charge in [0.05, 0.1) is 16.4 Å². The lowest BCUT2D eigenvalue weighted by atomic mass is 10.0. The van der Waals surface area contributed by atoms with Gasteiger partial charge in [-0.05, 0) is 35.1 Å². The monoisotopic (exact) mass is 353 g/mol. The van der Waals surface area contributed by atoms with Crippen LogP contribution in [0.4, 0.5) is 5.69 Å². The minimum atomic E-state index is 0.407. The lowest BCUT2D eigenvalue weighted by Gasteiger charge is -2.16. The Morgan fingerprint density at radius 3 is 2.42 bits per heavy atom. The molecule has 0 heterocycles. The molecule has 120 valence electrons. The third-order valence-electron chi connectivity index (χ3n) is 3.56. The van der Waals surface area contributed by atoms with Crippen molar-refractivity contribution in [2.24, 2.45) is 0 Å². The smallest absolute Gasteiger partial charge is 0.189 e. The van der Waals surface area contributed by atoms with Crippen molar-refractivity contribution in [3.8, 4) is 0 Å². The second-order valence-electron chi connectivity index (χ2n) is 5.19. The molecular formula is C19H16ClN3S. The van der Waals surface area contributed by atoms with Crippen molar-refractivity contribution in [1.82, 2.24) is 10.9 Å². The van der Waals surface area contributed by atoms with E-state index >= 15 is 0 Å². The maximum Gasteiger partial charge on any atom is 0.189 e. The molecule has 5 heteroatoms. The number of rotatable bonds is 4. The highest BCUT2D eigenvalue weighted by atomic mass is 35.5. The number of halogens is 1. The molecular weight excluding hydrogens is 338 g/mol. The molecule has 3 nitrogen and oxygen atoms in total. The van der Waals surface area contributed by atoms with E-state index in [1.165, 1.54) is 0 Å². The van der Waals surface area contributed by atoms with Crippen molar-refractivity contribution in [2.45, 2.75) is 0 Å². The number of nitrogens with one attached hydrogen (secondary N) is 3. The van der Waals surface area contributed by atoms with Crippen molar-refractivity contribution >= 4 is 51.1 Å². The largest absolute Gasteiger partial charge is 0.330 e. The first-order valence-corrected chi connectivity index (χ1v) is 8.18. The van der Waals surface area contributed by atoms with Crippen LogP contribution in [0.1, 0.15) is 5.56 Å². The summed E-state index contributed by atoms with van der Waals surface area (Å²) in [5, 5.41) is 6.34. The van der Waals surface area contributed by atoms with Crippen LogP contribution in [0.3, 0.4) is 0 Å². The van der Waals surface area contributed by atoms with Crippen molar-refractivity contribution in [3.05, 3.63) is 83.9 Å². The number of anilines is 1. The molecule has 0 aromatic heterocycles. The molecule has 3 aromatic rings. The van der Waals surface area contributed by atoms with Crippen LogP contribution in [0.5, 0.6) is 0 Å². The summed E-state index contributed by atoms with van der Waals surface area (Å²) in [4.78, 5) is 0. The molecule has 0 aliphatic carbocycles. The molecule has 3 aromatic carbocycles. The van der Waals surface area contributed by atoms with Gasteiger partial charge in [0.15, 0.2) is 5.11 Å². The van der Waals surface area contributed by atoms with Gasteiger partial charge in [0, 0.05) is 5.56 Å². The van der Waals surface area contributed by atoms with Crippen molar-refractivity contribution in [2.75, 3.05) is 5.32 Å². The Morgan fingerprint density at radius 2 is 1.58 bits per heavy atom. The molecule has 3 rings (SSSR count). The van der Waals surface area contributed by atoms with Crippen LogP contribution in [-0.4, -0.2) is 5.11 Å². The molecule has 0 saturated heterocycles. The topological polar surface area (TPSA) is 36.1 Å². The standard InChI is InChI=1S/C19H16ClN3S/c1-13(15-10-6-8-14-7-2-3-9-16(14)15)22-23-19(24)21-18-12-5-4-11-17(18)20/h2-12,22H,1H2,(H2,21,23,24). The van der Waals surface area contributed by atoms with E-state index in [1.807, 2.05) is 42.5 Å². The van der Waals surface area contributed by atoms with Crippen LogP contribution in [-0.2, 0) is 0 Å². The highest BCUT2D eigenvalue weighted by molar-refractivity contribution is 7.80. The normalized spacial score (nSPS) is 10.2. The highest BCUT2D eigenvalue weighted by Crippen LogP contribution is 2.23. The summed E-state index contributed by atoms with van der Waals surface area (Å²) in [6.07, 6.45) is 0. The Kier molecular flexibility index (Phi) is 4.99. The fourth-order valence-electron chi connectivity index (χ4n) is 2.40. The fraction of sp³-hybridized carbons (Fsp3) is 0. The third-order valence-corrected chi connectivity index (χ3v) is 4.10. The lowest BCUT2D eigenvalue weighted by Crippen LogP contribution is -2.38. The molecule has 0 spiro atoms. The first kappa shape index (κ1) is 16.3. The van der Waals surface area contributed by atoms with E-state index < -0.39 is 0 Å². The van der Waals surface area contributed by atoms with Gasteiger partial charge < -0.3 is 5.32 Å². The second kappa shape index (κ2) is 7.34. The number of benzene rings is 3. The lowest BCUT2D eigenvalue weighted by molar-refractivity contribution is 0.852. The summed E-state index contributed by atoms with van der Waals surface area (Å²) in [6, 6.07) is 21.7. The molecule has 0 unspecified atom stereocenters. The van der Waals surface area contributed by atoms with Gasteiger partial charge in [-0.15, -0.1) is 0 Å². The van der Waals surface area contributed by atoms with Gasteiger partial charge in [-0.2, -0.15) is 0 Å². The average Bonchev–Trinajstić information content (AvgIpc) is 2.61. The molecule has 0 radical (unpaired) electrons. The maximum atomic E-state index is 6.10. The van der Waals surface area contributed by atoms with E-state index in [-0.39, 0.29) is 0 Å². The molecule has 3 N–H and O–H groups in total. The van der Waals surface area contributed by atoms with Crippen LogP contribution < -0.4 is 16.2 Å². The predicted octanol–water partition coefficient (Wildman–Crippen LogP) is 4.96. The Balaban J connectivity index is 1.67. The summed E-state index contributed by atoms with van der Waals surface area (Å²) in [5.41, 5.74) is 8.46. The molecule has 0 aliphatic heterocycles. The Labute approximate surface area is 151 Å². The maximum absolute atomic E-state index is 6.10. The summed E-state index contributed by atoms with van der Waals surface area (Å²) < 4.78 is 0. The van der Waals surface area contributed by atoms with Gasteiger partial charge in [-0.1, -0.05) is 72.8 Å². The zero-order valence-electron chi connectivity index (χ0n) is 12.8. The van der Waals surface area contributed by atoms with Crippen molar-refractivity contribution < 1.29 is 0 Å². The zero-order valence-corrected chi connectivity index (χ0v) is 14.4. The van der Waals surface area contributed by atoms with Crippen LogP contribution in [0.2, 0.25) is 5.02 Å². The molecule has 0 fully saturated rings. The first-order valence-electron chi connectivity index (χ1n) is 7.40. The molecule has 0 saturated carbocycles. The van der Waals surface area contributed by atoms with Crippen molar-refractivity contribution in [1.29, 1.82) is 0 Å². The highest BCUT2D eigenvalue weighted by Gasteiger charge is 2.05. The van der Waals surface area contributed by atoms with Crippen LogP contribution >= 0.6 is 23.8 Å². The van der Waals surface area contributed by atoms with Gasteiger partial charge >= 0.3 is 0 Å². The van der Waals surface area contributed by atoms with Gasteiger partial charge in [-0.3, -0.25) is 10.9 Å². The van der Waals surface area contributed by atoms with E-state index in [9.17, 15) is 0 Å². The quantitative estimate of drug-likeness (QED) is 0.458. The summed E-state index contributed by atoms with van der Waals surface area (Å²) in [7, 11) is 0. The van der Waals surface area contributed by atoms with E-state index in [0.717, 1.165) is 27.7 Å². The molecule has 0 aliphatic rings. The fourth-order valence-corrected chi connectivity index (χ4v) is 2.75. The molecule has 24 heavy (non-hydrogen) atoms. The summed E-state index contributed by atoms with van der Waals surface area (Å²) in [5.74, 6) is 0. The van der Waals surface area contributed by atoms with Gasteiger partial charge in [0.25, 0.3) is 0 Å². The first-order chi connectivity index (χ1) is 11.6. The number of thiocarbonyl (C=S) groups is 1. The zero-order chi connectivity index (χ0) is 16.9. The van der Waals surface area contributed by atoms with E-state index in [1.54, 1.807) is 6.07 Å². The number of hydrogen-bond donors (Lipinski definition) is 3. The predicted molar refractivity (Wildman–Crippen MR) is 107 cm³/mol.